The van der Waals surface area contributed by atoms with Gasteiger partial charge in [0.25, 0.3) is 0 Å². The van der Waals surface area contributed by atoms with E-state index in [0.29, 0.717) is 0 Å². The number of para-hydroxylation sites is 1. The number of rotatable bonds is 3. The lowest BCUT2D eigenvalue weighted by Gasteiger charge is -2.59. The summed E-state index contributed by atoms with van der Waals surface area (Å²) < 4.78 is 14.2. The van der Waals surface area contributed by atoms with E-state index in [1.54, 1.807) is 0 Å². The van der Waals surface area contributed by atoms with Gasteiger partial charge in [0.05, 0.1) is 18.2 Å². The molecule has 3 aliphatic heterocycles. The van der Waals surface area contributed by atoms with E-state index < -0.39 is 0 Å². The highest BCUT2D eigenvalue weighted by Crippen LogP contribution is 2.62. The van der Waals surface area contributed by atoms with Gasteiger partial charge in [0.1, 0.15) is 11.9 Å². The summed E-state index contributed by atoms with van der Waals surface area (Å²) in [6.45, 7) is 0. The predicted molar refractivity (Wildman–Crippen MR) is 211 cm³/mol. The van der Waals surface area contributed by atoms with Crippen molar-refractivity contribution in [3.63, 3.8) is 0 Å². The van der Waals surface area contributed by atoms with Crippen molar-refractivity contribution in [2.45, 2.75) is 54.9 Å². The lowest BCUT2D eigenvalue weighted by molar-refractivity contribution is -0.0910. The van der Waals surface area contributed by atoms with Gasteiger partial charge in [0.15, 0.2) is 0 Å². The van der Waals surface area contributed by atoms with Crippen LogP contribution in [-0.2, 0) is 10.2 Å². The van der Waals surface area contributed by atoms with Crippen LogP contribution in [0.2, 0.25) is 0 Å². The summed E-state index contributed by atoms with van der Waals surface area (Å²) in [6, 6.07) is 25.0. The Morgan fingerprint density at radius 3 is 2.52 bits per heavy atom. The first-order valence-corrected chi connectivity index (χ1v) is 19.1. The molecule has 0 aromatic heterocycles. The van der Waals surface area contributed by atoms with Crippen molar-refractivity contribution in [2.75, 3.05) is 4.90 Å². The maximum Gasteiger partial charge on any atom is 0.124 e. The van der Waals surface area contributed by atoms with Crippen molar-refractivity contribution < 1.29 is 9.47 Å². The molecule has 1 saturated heterocycles. The van der Waals surface area contributed by atoms with Crippen LogP contribution >= 0.6 is 0 Å². The van der Waals surface area contributed by atoms with Crippen molar-refractivity contribution in [1.82, 2.24) is 0 Å². The number of hydrogen-bond donors (Lipinski definition) is 0. The Labute approximate surface area is 306 Å². The molecule has 0 bridgehead atoms. The Balaban J connectivity index is 1.08. The molecule has 3 aromatic carbocycles. The molecule has 3 heteroatoms. The fourth-order valence-electron chi connectivity index (χ4n) is 10.6. The molecular weight excluding hydrogens is 635 g/mol. The average Bonchev–Trinajstić information content (AvgIpc) is 3.56. The number of benzene rings is 3. The maximum absolute atomic E-state index is 7.12. The minimum absolute atomic E-state index is 0.0277. The number of anilines is 2. The maximum atomic E-state index is 7.12. The lowest BCUT2D eigenvalue weighted by Crippen LogP contribution is -2.61. The van der Waals surface area contributed by atoms with E-state index in [1.165, 1.54) is 50.3 Å². The van der Waals surface area contributed by atoms with Crippen molar-refractivity contribution in [3.05, 3.63) is 198 Å². The topological polar surface area (TPSA) is 21.7 Å². The number of nitrogens with zero attached hydrogens (tertiary/aromatic N) is 1. The number of hydrogen-bond acceptors (Lipinski definition) is 3. The second-order valence-electron chi connectivity index (χ2n) is 15.2. The molecule has 0 saturated carbocycles. The number of ether oxygens (including phenoxy) is 2. The van der Waals surface area contributed by atoms with Crippen LogP contribution in [0.4, 0.5) is 11.4 Å². The highest BCUT2D eigenvalue weighted by molar-refractivity contribution is 5.85. The van der Waals surface area contributed by atoms with Crippen LogP contribution in [0.25, 0.3) is 11.1 Å². The van der Waals surface area contributed by atoms with Crippen LogP contribution in [0.15, 0.2) is 187 Å². The van der Waals surface area contributed by atoms with Gasteiger partial charge < -0.3 is 14.4 Å². The predicted octanol–water partition coefficient (Wildman–Crippen LogP) is 10.9. The van der Waals surface area contributed by atoms with Gasteiger partial charge >= 0.3 is 0 Å². The van der Waals surface area contributed by atoms with Gasteiger partial charge in [-0.05, 0) is 76.6 Å². The summed E-state index contributed by atoms with van der Waals surface area (Å²) in [5.74, 6) is 1.53. The van der Waals surface area contributed by atoms with Gasteiger partial charge in [-0.3, -0.25) is 0 Å². The van der Waals surface area contributed by atoms with Crippen LogP contribution in [0.3, 0.4) is 0 Å². The van der Waals surface area contributed by atoms with Gasteiger partial charge in [0, 0.05) is 46.5 Å². The van der Waals surface area contributed by atoms with Crippen LogP contribution in [0.1, 0.15) is 36.3 Å². The smallest absolute Gasteiger partial charge is 0.124 e. The molecule has 1 spiro atoms. The fraction of sp³-hybridized carbons (Fsp3) is 0.224. The third kappa shape index (κ3) is 4.36. The number of fused-ring (bicyclic) bond motifs is 11. The average molecular weight is 676 g/mol. The fourth-order valence-corrected chi connectivity index (χ4v) is 10.6. The quantitative estimate of drug-likeness (QED) is 0.276. The van der Waals surface area contributed by atoms with Crippen LogP contribution < -0.4 is 9.64 Å². The second-order valence-corrected chi connectivity index (χ2v) is 15.2. The molecule has 3 heterocycles. The third-order valence-corrected chi connectivity index (χ3v) is 12.7. The van der Waals surface area contributed by atoms with Gasteiger partial charge in [-0.15, -0.1) is 0 Å². The molecule has 5 aliphatic carbocycles. The Kier molecular flexibility index (Phi) is 6.89. The first-order valence-electron chi connectivity index (χ1n) is 19.1. The van der Waals surface area contributed by atoms with Gasteiger partial charge in [-0.25, -0.2) is 0 Å². The molecule has 3 aromatic rings. The summed E-state index contributed by atoms with van der Waals surface area (Å²) in [5, 5.41) is 0. The van der Waals surface area contributed by atoms with Crippen LogP contribution in [0, 0.1) is 11.8 Å². The zero-order valence-electron chi connectivity index (χ0n) is 29.1. The molecule has 3 nitrogen and oxygen atoms in total. The molecule has 11 rings (SSSR count). The Hall–Kier alpha value is -5.38. The molecule has 8 atom stereocenters. The van der Waals surface area contributed by atoms with Crippen molar-refractivity contribution in [2.24, 2.45) is 11.8 Å². The van der Waals surface area contributed by atoms with E-state index in [2.05, 4.69) is 175 Å². The lowest BCUT2D eigenvalue weighted by atomic mass is 9.50. The second kappa shape index (κ2) is 11.8. The molecular formula is C49H41NO2. The van der Waals surface area contributed by atoms with E-state index in [1.807, 2.05) is 0 Å². The van der Waals surface area contributed by atoms with E-state index in [9.17, 15) is 0 Å². The molecule has 254 valence electrons. The summed E-state index contributed by atoms with van der Waals surface area (Å²) in [6.07, 6.45) is 42.2. The molecule has 52 heavy (non-hydrogen) atoms. The molecule has 1 fully saturated rings. The highest BCUT2D eigenvalue weighted by Gasteiger charge is 2.61. The van der Waals surface area contributed by atoms with Gasteiger partial charge in [-0.2, -0.15) is 0 Å². The van der Waals surface area contributed by atoms with Crippen molar-refractivity contribution in [1.29, 1.82) is 0 Å². The highest BCUT2D eigenvalue weighted by atomic mass is 16.5. The van der Waals surface area contributed by atoms with Crippen LogP contribution in [-0.4, -0.2) is 24.4 Å². The molecule has 8 unspecified atom stereocenters. The zero-order valence-corrected chi connectivity index (χ0v) is 29.1. The standard InChI is InChI=1S/C49H41NO2/c1-3-14-32(15-4-1)33-26-28-40-46(30-33)51-44-24-11-8-20-38(44)49(40)39-21-9-12-25-45(39)52-47-31-34(27-29-41(47)49)36-19-13-23-43-48(36)37-18-7-10-22-42(37)50(43)35-16-5-2-6-17-35/h2-3,5-24,26-31,37-38,40,42,44-46H,1,4,25H2. The third-order valence-electron chi connectivity index (χ3n) is 12.7. The molecule has 0 amide bonds. The van der Waals surface area contributed by atoms with Gasteiger partial charge in [0.2, 0.25) is 0 Å². The first-order chi connectivity index (χ1) is 25.8. The Morgan fingerprint density at radius 2 is 1.60 bits per heavy atom. The van der Waals surface area contributed by atoms with E-state index in [-0.39, 0.29) is 47.5 Å². The Morgan fingerprint density at radius 1 is 0.712 bits per heavy atom. The summed E-state index contributed by atoms with van der Waals surface area (Å²) in [5.41, 5.74) is 11.3. The first kappa shape index (κ1) is 30.3. The summed E-state index contributed by atoms with van der Waals surface area (Å²) in [4.78, 5) is 2.51. The van der Waals surface area contributed by atoms with Gasteiger partial charge in [-0.1, -0.05) is 140 Å². The van der Waals surface area contributed by atoms with Crippen molar-refractivity contribution >= 4 is 11.4 Å². The summed E-state index contributed by atoms with van der Waals surface area (Å²) in [7, 11) is 0. The molecule has 0 radical (unpaired) electrons. The summed E-state index contributed by atoms with van der Waals surface area (Å²) >= 11 is 0. The van der Waals surface area contributed by atoms with Crippen molar-refractivity contribution in [3.8, 4) is 16.9 Å². The number of allylic oxidation sites excluding steroid dienone is 12. The minimum atomic E-state index is -0.323. The largest absolute Gasteiger partial charge is 0.485 e. The monoisotopic (exact) mass is 675 g/mol. The van der Waals surface area contributed by atoms with Crippen LogP contribution in [0.5, 0.6) is 5.75 Å². The van der Waals surface area contributed by atoms with E-state index in [4.69, 9.17) is 9.47 Å². The normalized spacial score (nSPS) is 32.5. The van der Waals surface area contributed by atoms with E-state index >= 15 is 0 Å². The Bertz CT molecular complexity index is 2290. The zero-order chi connectivity index (χ0) is 34.2. The van der Waals surface area contributed by atoms with E-state index in [0.717, 1.165) is 25.0 Å². The molecule has 8 aliphatic rings. The molecule has 0 N–H and O–H groups in total. The SMILES string of the molecule is C1=CCC2Oc3cc(-c4cccc5c4C4C=CC=CC4N5c4ccccc4)ccc3C3(C2=C1)C1C=CC=CC1OC1C=C(C2=CCCC=C2)C=CC13. The minimum Gasteiger partial charge on any atom is -0.485 e.